The second kappa shape index (κ2) is 9.88. The van der Waals surface area contributed by atoms with Gasteiger partial charge in [0, 0.05) is 31.6 Å². The van der Waals surface area contributed by atoms with Crippen molar-refractivity contribution in [3.63, 3.8) is 0 Å². The van der Waals surface area contributed by atoms with Gasteiger partial charge in [-0.1, -0.05) is 29.8 Å². The lowest BCUT2D eigenvalue weighted by Crippen LogP contribution is -2.46. The molecule has 1 aromatic carbocycles. The number of thiophene rings is 1. The lowest BCUT2D eigenvalue weighted by atomic mass is 10.0. The molecule has 1 unspecified atom stereocenters. The molecule has 146 valence electrons. The number of ether oxygens (including phenoxy) is 1. The van der Waals surface area contributed by atoms with Gasteiger partial charge in [-0.3, -0.25) is 9.89 Å². The fourth-order valence-corrected chi connectivity index (χ4v) is 4.23. The largest absolute Gasteiger partial charge is 0.379 e. The van der Waals surface area contributed by atoms with Gasteiger partial charge >= 0.3 is 0 Å². The lowest BCUT2D eigenvalue weighted by Gasteiger charge is -2.35. The Kier molecular flexibility index (Phi) is 7.26. The molecule has 0 aliphatic carbocycles. The second-order valence-electron chi connectivity index (χ2n) is 6.91. The summed E-state index contributed by atoms with van der Waals surface area (Å²) in [6, 6.07) is 11.3. The summed E-state index contributed by atoms with van der Waals surface area (Å²) in [4.78, 5) is 8.25. The number of hydrogen-bond acceptors (Lipinski definition) is 4. The van der Waals surface area contributed by atoms with E-state index in [-0.39, 0.29) is 0 Å². The molecule has 2 aromatic rings. The van der Waals surface area contributed by atoms with Crippen molar-refractivity contribution in [2.75, 3.05) is 39.9 Å². The fourth-order valence-electron chi connectivity index (χ4n) is 3.39. The predicted octanol–water partition coefficient (Wildman–Crippen LogP) is 3.10. The normalized spacial score (nSPS) is 16.9. The molecule has 2 heterocycles. The van der Waals surface area contributed by atoms with Crippen LogP contribution >= 0.6 is 11.3 Å². The Morgan fingerprint density at radius 2 is 2.04 bits per heavy atom. The first-order chi connectivity index (χ1) is 13.2. The second-order valence-corrected chi connectivity index (χ2v) is 7.91. The van der Waals surface area contributed by atoms with Crippen molar-refractivity contribution in [1.82, 2.24) is 15.5 Å². The molecular weight excluding hydrogens is 356 g/mol. The monoisotopic (exact) mass is 386 g/mol. The highest BCUT2D eigenvalue weighted by Crippen LogP contribution is 2.22. The van der Waals surface area contributed by atoms with Crippen molar-refractivity contribution in [3.05, 3.63) is 57.3 Å². The van der Waals surface area contributed by atoms with Crippen LogP contribution in [0.3, 0.4) is 0 Å². The van der Waals surface area contributed by atoms with E-state index in [1.807, 2.05) is 7.05 Å². The topological polar surface area (TPSA) is 48.9 Å². The molecule has 0 saturated carbocycles. The molecule has 6 heteroatoms. The smallest absolute Gasteiger partial charge is 0.191 e. The van der Waals surface area contributed by atoms with Crippen LogP contribution in [0.15, 0.2) is 40.7 Å². The van der Waals surface area contributed by atoms with Gasteiger partial charge < -0.3 is 15.4 Å². The average Bonchev–Trinajstić information content (AvgIpc) is 3.10. The molecule has 5 nitrogen and oxygen atoms in total. The van der Waals surface area contributed by atoms with Crippen LogP contribution < -0.4 is 10.6 Å². The maximum Gasteiger partial charge on any atom is 0.191 e. The SMILES string of the molecule is CN=C(NCc1sccc1C)NCC(c1cccc(C)c1)N1CCOCC1. The molecular formula is C21H30N4OS. The van der Waals surface area contributed by atoms with Crippen molar-refractivity contribution in [1.29, 1.82) is 0 Å². The summed E-state index contributed by atoms with van der Waals surface area (Å²) in [5, 5.41) is 9.10. The van der Waals surface area contributed by atoms with Crippen LogP contribution in [0.2, 0.25) is 0 Å². The minimum Gasteiger partial charge on any atom is -0.379 e. The third-order valence-electron chi connectivity index (χ3n) is 4.98. The summed E-state index contributed by atoms with van der Waals surface area (Å²) >= 11 is 1.78. The molecule has 3 rings (SSSR count). The molecule has 1 aliphatic heterocycles. The quantitative estimate of drug-likeness (QED) is 0.592. The van der Waals surface area contributed by atoms with E-state index >= 15 is 0 Å². The van der Waals surface area contributed by atoms with Gasteiger partial charge in [0.1, 0.15) is 0 Å². The number of rotatable bonds is 6. The number of nitrogens with one attached hydrogen (secondary N) is 2. The first-order valence-corrected chi connectivity index (χ1v) is 10.4. The van der Waals surface area contributed by atoms with Crippen LogP contribution in [-0.4, -0.2) is 50.8 Å². The standard InChI is InChI=1S/C21H30N4OS/c1-16-5-4-6-18(13-16)19(25-8-10-26-11-9-25)14-23-21(22-3)24-15-20-17(2)7-12-27-20/h4-7,12-13,19H,8-11,14-15H2,1-3H3,(H2,22,23,24). The highest BCUT2D eigenvalue weighted by molar-refractivity contribution is 7.10. The van der Waals surface area contributed by atoms with Crippen molar-refractivity contribution in [2.24, 2.45) is 4.99 Å². The Morgan fingerprint density at radius 1 is 1.22 bits per heavy atom. The van der Waals surface area contributed by atoms with E-state index in [0.29, 0.717) is 6.04 Å². The molecule has 1 atom stereocenters. The van der Waals surface area contributed by atoms with Crippen molar-refractivity contribution in [2.45, 2.75) is 26.4 Å². The summed E-state index contributed by atoms with van der Waals surface area (Å²) in [7, 11) is 1.83. The first kappa shape index (κ1) is 19.9. The number of aryl methyl sites for hydroxylation is 2. The third-order valence-corrected chi connectivity index (χ3v) is 6.01. The summed E-state index contributed by atoms with van der Waals surface area (Å²) in [6.45, 7) is 9.43. The summed E-state index contributed by atoms with van der Waals surface area (Å²) in [5.74, 6) is 0.841. The molecule has 1 fully saturated rings. The first-order valence-electron chi connectivity index (χ1n) is 9.53. The Balaban J connectivity index is 1.64. The summed E-state index contributed by atoms with van der Waals surface area (Å²) < 4.78 is 5.55. The van der Waals surface area contributed by atoms with E-state index in [2.05, 4.69) is 70.1 Å². The van der Waals surface area contributed by atoms with Gasteiger partial charge in [-0.05, 0) is 36.4 Å². The van der Waals surface area contributed by atoms with Crippen LogP contribution in [0.4, 0.5) is 0 Å². The molecule has 2 N–H and O–H groups in total. The average molecular weight is 387 g/mol. The number of nitrogens with zero attached hydrogens (tertiary/aromatic N) is 2. The van der Waals surface area contributed by atoms with E-state index in [1.165, 1.54) is 21.6 Å². The van der Waals surface area contributed by atoms with Gasteiger partial charge in [0.25, 0.3) is 0 Å². The van der Waals surface area contributed by atoms with E-state index in [0.717, 1.165) is 45.4 Å². The molecule has 0 spiro atoms. The molecule has 1 saturated heterocycles. The Labute approximate surface area is 166 Å². The van der Waals surface area contributed by atoms with Crippen LogP contribution in [0.25, 0.3) is 0 Å². The molecule has 0 bridgehead atoms. The number of aliphatic imine (C=N–C) groups is 1. The van der Waals surface area contributed by atoms with Gasteiger partial charge in [-0.15, -0.1) is 11.3 Å². The minimum absolute atomic E-state index is 0.302. The Hall–Kier alpha value is -1.89. The maximum atomic E-state index is 5.55. The van der Waals surface area contributed by atoms with E-state index in [9.17, 15) is 0 Å². The van der Waals surface area contributed by atoms with Crippen LogP contribution in [0.1, 0.15) is 27.6 Å². The van der Waals surface area contributed by atoms with Crippen LogP contribution in [-0.2, 0) is 11.3 Å². The summed E-state index contributed by atoms with van der Waals surface area (Å²) in [5.41, 5.74) is 3.96. The van der Waals surface area contributed by atoms with Crippen molar-refractivity contribution < 1.29 is 4.74 Å². The predicted molar refractivity (Wildman–Crippen MR) is 114 cm³/mol. The van der Waals surface area contributed by atoms with E-state index in [4.69, 9.17) is 4.74 Å². The van der Waals surface area contributed by atoms with Gasteiger partial charge in [-0.25, -0.2) is 0 Å². The third kappa shape index (κ3) is 5.54. The van der Waals surface area contributed by atoms with Crippen molar-refractivity contribution in [3.8, 4) is 0 Å². The Morgan fingerprint density at radius 3 is 2.70 bits per heavy atom. The van der Waals surface area contributed by atoms with Crippen LogP contribution in [0.5, 0.6) is 0 Å². The Bertz CT molecular complexity index is 752. The summed E-state index contributed by atoms with van der Waals surface area (Å²) in [6.07, 6.45) is 0. The van der Waals surface area contributed by atoms with Gasteiger partial charge in [0.15, 0.2) is 5.96 Å². The van der Waals surface area contributed by atoms with E-state index < -0.39 is 0 Å². The van der Waals surface area contributed by atoms with Gasteiger partial charge in [-0.2, -0.15) is 0 Å². The lowest BCUT2D eigenvalue weighted by molar-refractivity contribution is 0.0170. The number of morpholine rings is 1. The minimum atomic E-state index is 0.302. The highest BCUT2D eigenvalue weighted by atomic mass is 32.1. The number of benzene rings is 1. The van der Waals surface area contributed by atoms with E-state index in [1.54, 1.807) is 11.3 Å². The zero-order valence-electron chi connectivity index (χ0n) is 16.5. The molecule has 0 amide bonds. The fraction of sp³-hybridized carbons (Fsp3) is 0.476. The highest BCUT2D eigenvalue weighted by Gasteiger charge is 2.23. The molecule has 1 aliphatic rings. The molecule has 1 aromatic heterocycles. The van der Waals surface area contributed by atoms with Crippen molar-refractivity contribution >= 4 is 17.3 Å². The zero-order chi connectivity index (χ0) is 19.1. The van der Waals surface area contributed by atoms with Gasteiger partial charge in [0.05, 0.1) is 25.8 Å². The van der Waals surface area contributed by atoms with Crippen LogP contribution in [0, 0.1) is 13.8 Å². The maximum absolute atomic E-state index is 5.55. The molecule has 0 radical (unpaired) electrons. The molecule has 27 heavy (non-hydrogen) atoms. The zero-order valence-corrected chi connectivity index (χ0v) is 17.3. The number of guanidine groups is 1. The van der Waals surface area contributed by atoms with Gasteiger partial charge in [0.2, 0.25) is 0 Å². The number of hydrogen-bond donors (Lipinski definition) is 2.